The SMILES string of the molecule is COc1ccc2c(c1O)[C@]13CCN(C)[C@H](C2)[C@]12C=C[C@]1(OC)[C@H]3N=C(c3ccccc3)[C@]1(C)C2. The second kappa shape index (κ2) is 6.32. The monoisotopic (exact) mass is 456 g/mol. The second-order valence-electron chi connectivity index (χ2n) is 11.2. The topological polar surface area (TPSA) is 54.3 Å². The maximum Gasteiger partial charge on any atom is 0.161 e. The van der Waals surface area contributed by atoms with Gasteiger partial charge in [0.25, 0.3) is 0 Å². The van der Waals surface area contributed by atoms with Crippen molar-refractivity contribution in [3.8, 4) is 11.5 Å². The van der Waals surface area contributed by atoms with Gasteiger partial charge in [0, 0.05) is 35.0 Å². The van der Waals surface area contributed by atoms with E-state index < -0.39 is 5.60 Å². The molecule has 5 nitrogen and oxygen atoms in total. The van der Waals surface area contributed by atoms with Crippen LogP contribution in [0.4, 0.5) is 0 Å². The molecule has 1 saturated carbocycles. The molecule has 1 saturated heterocycles. The quantitative estimate of drug-likeness (QED) is 0.706. The first kappa shape index (κ1) is 20.7. The lowest BCUT2D eigenvalue weighted by Crippen LogP contribution is -2.79. The molecule has 0 unspecified atom stereocenters. The van der Waals surface area contributed by atoms with E-state index >= 15 is 0 Å². The number of hydrogen-bond donors (Lipinski definition) is 1. The van der Waals surface area contributed by atoms with Crippen molar-refractivity contribution in [3.63, 3.8) is 0 Å². The summed E-state index contributed by atoms with van der Waals surface area (Å²) in [6.07, 6.45) is 7.59. The number of phenols is 1. The highest BCUT2D eigenvalue weighted by atomic mass is 16.5. The van der Waals surface area contributed by atoms with Crippen LogP contribution < -0.4 is 4.74 Å². The molecule has 1 N–H and O–H groups in total. The minimum atomic E-state index is -0.551. The Bertz CT molecular complexity index is 1270. The molecule has 6 atom stereocenters. The van der Waals surface area contributed by atoms with Crippen molar-refractivity contribution in [2.45, 2.75) is 49.3 Å². The summed E-state index contributed by atoms with van der Waals surface area (Å²) in [4.78, 5) is 8.14. The van der Waals surface area contributed by atoms with Crippen molar-refractivity contribution in [3.05, 3.63) is 71.3 Å². The van der Waals surface area contributed by atoms with E-state index in [1.54, 1.807) is 7.11 Å². The molecule has 0 aromatic heterocycles. The van der Waals surface area contributed by atoms with E-state index in [9.17, 15) is 5.11 Å². The predicted molar refractivity (Wildman–Crippen MR) is 132 cm³/mol. The van der Waals surface area contributed by atoms with E-state index in [1.165, 1.54) is 11.1 Å². The zero-order valence-electron chi connectivity index (χ0n) is 20.3. The molecule has 2 fully saturated rings. The molecule has 2 aromatic carbocycles. The number of piperidine rings is 1. The van der Waals surface area contributed by atoms with Crippen LogP contribution in [0.1, 0.15) is 36.5 Å². The zero-order chi connectivity index (χ0) is 23.5. The van der Waals surface area contributed by atoms with E-state index in [2.05, 4.69) is 67.4 Å². The number of hydrogen-bond acceptors (Lipinski definition) is 5. The lowest BCUT2D eigenvalue weighted by atomic mass is 9.34. The molecule has 34 heavy (non-hydrogen) atoms. The number of methoxy groups -OCH3 is 2. The number of rotatable bonds is 3. The number of benzene rings is 2. The number of nitrogens with zero attached hydrogens (tertiary/aromatic N) is 2. The minimum absolute atomic E-state index is 0.114. The van der Waals surface area contributed by atoms with Crippen molar-refractivity contribution in [1.29, 1.82) is 0 Å². The highest BCUT2D eigenvalue weighted by molar-refractivity contribution is 6.08. The van der Waals surface area contributed by atoms with Crippen LogP contribution in [0.15, 0.2) is 59.6 Å². The Morgan fingerprint density at radius 3 is 2.62 bits per heavy atom. The van der Waals surface area contributed by atoms with Gasteiger partial charge < -0.3 is 19.5 Å². The number of likely N-dealkylation sites (tertiary alicyclic amines) is 1. The van der Waals surface area contributed by atoms with Crippen molar-refractivity contribution in [1.82, 2.24) is 4.90 Å². The average Bonchev–Trinajstić information content (AvgIpc) is 3.06. The maximum atomic E-state index is 11.6. The third kappa shape index (κ3) is 1.94. The van der Waals surface area contributed by atoms with Crippen LogP contribution in [0, 0.1) is 10.8 Å². The number of likely N-dealkylation sites (N-methyl/N-ethyl adjacent to an activating group) is 1. The van der Waals surface area contributed by atoms with Crippen LogP contribution in [0.25, 0.3) is 0 Å². The largest absolute Gasteiger partial charge is 0.504 e. The molecule has 8 rings (SSSR count). The molecule has 4 aliphatic carbocycles. The Balaban J connectivity index is 1.59. The van der Waals surface area contributed by atoms with Crippen molar-refractivity contribution < 1.29 is 14.6 Å². The molecule has 5 heteroatoms. The molecule has 6 aliphatic rings. The molecule has 1 spiro atoms. The van der Waals surface area contributed by atoms with Crippen molar-refractivity contribution in [2.75, 3.05) is 27.8 Å². The molecule has 176 valence electrons. The molecule has 2 aliphatic heterocycles. The lowest BCUT2D eigenvalue weighted by Gasteiger charge is -2.73. The smallest absolute Gasteiger partial charge is 0.161 e. The first-order valence-electron chi connectivity index (χ1n) is 12.4. The molecule has 2 aromatic rings. The van der Waals surface area contributed by atoms with Crippen LogP contribution in [0.3, 0.4) is 0 Å². The zero-order valence-corrected chi connectivity index (χ0v) is 20.3. The Labute approximate surface area is 201 Å². The fraction of sp³-hybridized carbons (Fsp3) is 0.483. The van der Waals surface area contributed by atoms with Crippen LogP contribution in [-0.2, 0) is 16.6 Å². The van der Waals surface area contributed by atoms with E-state index in [0.29, 0.717) is 17.5 Å². The van der Waals surface area contributed by atoms with Gasteiger partial charge in [-0.15, -0.1) is 0 Å². The molecule has 0 amide bonds. The van der Waals surface area contributed by atoms with Gasteiger partial charge in [0.15, 0.2) is 11.5 Å². The molecule has 6 bridgehead atoms. The van der Waals surface area contributed by atoms with Crippen LogP contribution in [-0.4, -0.2) is 61.2 Å². The van der Waals surface area contributed by atoms with Crippen LogP contribution >= 0.6 is 0 Å². The number of fused-ring (bicyclic) bond motifs is 1. The van der Waals surface area contributed by atoms with Crippen molar-refractivity contribution >= 4 is 5.71 Å². The van der Waals surface area contributed by atoms with Gasteiger partial charge in [-0.3, -0.25) is 4.99 Å². The van der Waals surface area contributed by atoms with Crippen LogP contribution in [0.2, 0.25) is 0 Å². The van der Waals surface area contributed by atoms with Gasteiger partial charge in [-0.2, -0.15) is 0 Å². The van der Waals surface area contributed by atoms with E-state index in [4.69, 9.17) is 14.5 Å². The van der Waals surface area contributed by atoms with E-state index in [1.807, 2.05) is 13.2 Å². The summed E-state index contributed by atoms with van der Waals surface area (Å²) >= 11 is 0. The maximum absolute atomic E-state index is 11.6. The third-order valence-corrected chi connectivity index (χ3v) is 10.3. The van der Waals surface area contributed by atoms with Gasteiger partial charge in [0.2, 0.25) is 0 Å². The van der Waals surface area contributed by atoms with Gasteiger partial charge in [0.05, 0.1) is 18.9 Å². The number of phenolic OH excluding ortho intramolecular Hbond substituents is 1. The standard InChI is InChI=1S/C29H32N2O3/c1-26-17-27-12-13-29(26,34-4)25(30-24(26)18-8-6-5-7-9-18)28(27)14-15-31(2)21(27)16-19-10-11-20(33-3)23(32)22(19)28/h5-13,21,25,32H,14-17H2,1-4H3/t21-,25+,26+,27-,28+,29+/m1/s1. The second-order valence-corrected chi connectivity index (χ2v) is 11.2. The molecular weight excluding hydrogens is 424 g/mol. The fourth-order valence-corrected chi connectivity index (χ4v) is 8.98. The molecular formula is C29H32N2O3. The predicted octanol–water partition coefficient (Wildman–Crippen LogP) is 4.12. The summed E-state index contributed by atoms with van der Waals surface area (Å²) in [5, 5.41) is 11.6. The highest BCUT2D eigenvalue weighted by Gasteiger charge is 2.81. The Kier molecular flexibility index (Phi) is 3.85. The van der Waals surface area contributed by atoms with Crippen LogP contribution in [0.5, 0.6) is 11.5 Å². The van der Waals surface area contributed by atoms with Gasteiger partial charge in [0.1, 0.15) is 5.60 Å². The minimum Gasteiger partial charge on any atom is -0.504 e. The normalized spacial score (nSPS) is 41.1. The third-order valence-electron chi connectivity index (χ3n) is 10.3. The first-order valence-corrected chi connectivity index (χ1v) is 12.4. The summed E-state index contributed by atoms with van der Waals surface area (Å²) in [6.45, 7) is 3.33. The summed E-state index contributed by atoms with van der Waals surface area (Å²) in [5.74, 6) is 0.838. The molecule has 0 radical (unpaired) electrons. The number of aliphatic imine (C=N–C) groups is 1. The average molecular weight is 457 g/mol. The lowest BCUT2D eigenvalue weighted by molar-refractivity contribution is -0.183. The van der Waals surface area contributed by atoms with Gasteiger partial charge in [-0.25, -0.2) is 0 Å². The van der Waals surface area contributed by atoms with Crippen molar-refractivity contribution in [2.24, 2.45) is 15.8 Å². The molecule has 2 heterocycles. The number of ether oxygens (including phenoxy) is 2. The highest BCUT2D eigenvalue weighted by Crippen LogP contribution is 2.76. The fourth-order valence-electron chi connectivity index (χ4n) is 8.98. The van der Waals surface area contributed by atoms with E-state index in [-0.39, 0.29) is 22.3 Å². The van der Waals surface area contributed by atoms with Gasteiger partial charge >= 0.3 is 0 Å². The van der Waals surface area contributed by atoms with E-state index in [0.717, 1.165) is 37.1 Å². The van der Waals surface area contributed by atoms with Gasteiger partial charge in [-0.05, 0) is 50.0 Å². The Morgan fingerprint density at radius 2 is 1.88 bits per heavy atom. The Morgan fingerprint density at radius 1 is 1.09 bits per heavy atom. The summed E-state index contributed by atoms with van der Waals surface area (Å²) in [7, 11) is 5.74. The summed E-state index contributed by atoms with van der Waals surface area (Å²) in [6, 6.07) is 14.9. The number of aromatic hydroxyl groups is 1. The first-order chi connectivity index (χ1) is 16.4. The summed E-state index contributed by atoms with van der Waals surface area (Å²) < 4.78 is 12.2. The van der Waals surface area contributed by atoms with Gasteiger partial charge in [-0.1, -0.05) is 55.5 Å². The Hall–Kier alpha value is -2.63. The summed E-state index contributed by atoms with van der Waals surface area (Å²) in [5.41, 5.74) is 3.29.